The number of rotatable bonds is 6. The zero-order chi connectivity index (χ0) is 18.4. The monoisotopic (exact) mass is 353 g/mol. The van der Waals surface area contributed by atoms with Gasteiger partial charge in [0.05, 0.1) is 19.7 Å². The van der Waals surface area contributed by atoms with Crippen LogP contribution in [0.2, 0.25) is 0 Å². The van der Waals surface area contributed by atoms with Crippen molar-refractivity contribution in [1.82, 2.24) is 10.2 Å². The first kappa shape index (κ1) is 18.4. The highest BCUT2D eigenvalue weighted by atomic mass is 16.5. The Kier molecular flexibility index (Phi) is 6.26. The highest BCUT2D eigenvalue weighted by molar-refractivity contribution is 5.94. The Morgan fingerprint density at radius 3 is 2.65 bits per heavy atom. The molecule has 1 unspecified atom stereocenters. The molecule has 0 spiro atoms. The third kappa shape index (κ3) is 4.06. The van der Waals surface area contributed by atoms with Gasteiger partial charge in [-0.15, -0.1) is 0 Å². The minimum Gasteiger partial charge on any atom is -0.496 e. The number of nitrogens with one attached hydrogen (secondary N) is 1. The van der Waals surface area contributed by atoms with Crippen LogP contribution >= 0.6 is 0 Å². The van der Waals surface area contributed by atoms with Gasteiger partial charge in [-0.25, -0.2) is 0 Å². The molecule has 5 heteroatoms. The molecule has 0 aromatic heterocycles. The Balaban J connectivity index is 1.79. The van der Waals surface area contributed by atoms with Gasteiger partial charge in [0.2, 0.25) is 5.91 Å². The van der Waals surface area contributed by atoms with Gasteiger partial charge in [0.15, 0.2) is 0 Å². The van der Waals surface area contributed by atoms with E-state index in [1.165, 1.54) is 0 Å². The van der Waals surface area contributed by atoms with Crippen LogP contribution < -0.4 is 15.0 Å². The van der Waals surface area contributed by atoms with Gasteiger partial charge >= 0.3 is 0 Å². The second kappa shape index (κ2) is 8.83. The molecule has 3 rings (SSSR count). The number of nitrogens with zero attached hydrogens (tertiary/aromatic N) is 2. The average molecular weight is 353 g/mol. The summed E-state index contributed by atoms with van der Waals surface area (Å²) < 4.78 is 5.54. The lowest BCUT2D eigenvalue weighted by Crippen LogP contribution is -2.50. The number of likely N-dealkylation sites (N-methyl/N-ethyl adjacent to an activating group) is 1. The highest BCUT2D eigenvalue weighted by Gasteiger charge is 2.29. The molecule has 1 heterocycles. The molecule has 0 saturated carbocycles. The summed E-state index contributed by atoms with van der Waals surface area (Å²) in [5.74, 6) is 0.995. The molecule has 1 saturated heterocycles. The van der Waals surface area contributed by atoms with E-state index in [-0.39, 0.29) is 11.9 Å². The molecular weight excluding hydrogens is 326 g/mol. The van der Waals surface area contributed by atoms with Gasteiger partial charge in [-0.3, -0.25) is 9.69 Å². The second-order valence-electron chi connectivity index (χ2n) is 6.41. The van der Waals surface area contributed by atoms with Crippen LogP contribution in [0.1, 0.15) is 18.5 Å². The zero-order valence-corrected chi connectivity index (χ0v) is 15.5. The van der Waals surface area contributed by atoms with Crippen LogP contribution in [0.15, 0.2) is 54.6 Å². The fourth-order valence-corrected chi connectivity index (χ4v) is 3.55. The molecule has 0 aliphatic carbocycles. The summed E-state index contributed by atoms with van der Waals surface area (Å²) >= 11 is 0. The quantitative estimate of drug-likeness (QED) is 0.867. The highest BCUT2D eigenvalue weighted by Crippen LogP contribution is 2.30. The summed E-state index contributed by atoms with van der Waals surface area (Å²) in [6.45, 7) is 5.60. The molecule has 1 fully saturated rings. The first-order chi connectivity index (χ1) is 12.7. The lowest BCUT2D eigenvalue weighted by Gasteiger charge is -2.37. The summed E-state index contributed by atoms with van der Waals surface area (Å²) in [4.78, 5) is 17.1. The predicted octanol–water partition coefficient (Wildman–Crippen LogP) is 2.69. The van der Waals surface area contributed by atoms with Gasteiger partial charge in [-0.05, 0) is 25.1 Å². The van der Waals surface area contributed by atoms with E-state index in [0.717, 1.165) is 36.6 Å². The number of benzene rings is 2. The molecule has 5 nitrogen and oxygen atoms in total. The summed E-state index contributed by atoms with van der Waals surface area (Å²) in [6, 6.07) is 18.1. The first-order valence-corrected chi connectivity index (χ1v) is 9.17. The molecule has 1 N–H and O–H groups in total. The fraction of sp³-hybridized carbons (Fsp3) is 0.381. The van der Waals surface area contributed by atoms with Crippen LogP contribution in [0.3, 0.4) is 0 Å². The van der Waals surface area contributed by atoms with Crippen LogP contribution in [0.25, 0.3) is 0 Å². The SMILES string of the molecule is CCN(C(=O)CN1CCNCC1c1ccccc1OC)c1ccccc1. The van der Waals surface area contributed by atoms with E-state index in [1.807, 2.05) is 60.4 Å². The van der Waals surface area contributed by atoms with Gasteiger partial charge in [-0.1, -0.05) is 36.4 Å². The van der Waals surface area contributed by atoms with E-state index in [4.69, 9.17) is 4.74 Å². The van der Waals surface area contributed by atoms with Crippen LogP contribution in [0, 0.1) is 0 Å². The van der Waals surface area contributed by atoms with Crippen LogP contribution in [-0.4, -0.2) is 50.6 Å². The Bertz CT molecular complexity index is 720. The molecule has 2 aromatic rings. The van der Waals surface area contributed by atoms with E-state index in [2.05, 4.69) is 16.3 Å². The number of anilines is 1. The van der Waals surface area contributed by atoms with Crippen molar-refractivity contribution >= 4 is 11.6 Å². The van der Waals surface area contributed by atoms with Crippen LogP contribution in [-0.2, 0) is 4.79 Å². The third-order valence-electron chi connectivity index (χ3n) is 4.88. The summed E-state index contributed by atoms with van der Waals surface area (Å²) in [6.07, 6.45) is 0. The Labute approximate surface area is 155 Å². The summed E-state index contributed by atoms with van der Waals surface area (Å²) in [5, 5.41) is 3.44. The number of hydrogen-bond acceptors (Lipinski definition) is 4. The zero-order valence-electron chi connectivity index (χ0n) is 15.5. The van der Waals surface area contributed by atoms with E-state index in [1.54, 1.807) is 7.11 Å². The number of carbonyl (C=O) groups excluding carboxylic acids is 1. The van der Waals surface area contributed by atoms with Gasteiger partial charge in [0.1, 0.15) is 5.75 Å². The van der Waals surface area contributed by atoms with E-state index in [0.29, 0.717) is 13.1 Å². The van der Waals surface area contributed by atoms with Gasteiger partial charge in [-0.2, -0.15) is 0 Å². The minimum atomic E-state index is 0.123. The fourth-order valence-electron chi connectivity index (χ4n) is 3.55. The predicted molar refractivity (Wildman–Crippen MR) is 105 cm³/mol. The number of methoxy groups -OCH3 is 1. The lowest BCUT2D eigenvalue weighted by molar-refractivity contribution is -0.120. The minimum absolute atomic E-state index is 0.123. The maximum atomic E-state index is 13.0. The van der Waals surface area contributed by atoms with Crippen molar-refractivity contribution in [1.29, 1.82) is 0 Å². The number of para-hydroxylation sites is 2. The number of carbonyl (C=O) groups is 1. The van der Waals surface area contributed by atoms with E-state index < -0.39 is 0 Å². The molecule has 0 bridgehead atoms. The molecule has 0 radical (unpaired) electrons. The largest absolute Gasteiger partial charge is 0.496 e. The first-order valence-electron chi connectivity index (χ1n) is 9.17. The van der Waals surface area contributed by atoms with Crippen molar-refractivity contribution < 1.29 is 9.53 Å². The summed E-state index contributed by atoms with van der Waals surface area (Å²) in [5.41, 5.74) is 2.07. The summed E-state index contributed by atoms with van der Waals surface area (Å²) in [7, 11) is 1.69. The molecule has 138 valence electrons. The number of piperazine rings is 1. The van der Waals surface area contributed by atoms with Crippen LogP contribution in [0.5, 0.6) is 5.75 Å². The molecule has 26 heavy (non-hydrogen) atoms. The normalized spacial score (nSPS) is 17.7. The Hall–Kier alpha value is -2.37. The maximum absolute atomic E-state index is 13.0. The standard InChI is InChI=1S/C21H27N3O2/c1-3-24(17-9-5-4-6-10-17)21(25)16-23-14-13-22-15-19(23)18-11-7-8-12-20(18)26-2/h4-12,19,22H,3,13-16H2,1-2H3. The number of ether oxygens (including phenoxy) is 1. The molecular formula is C21H27N3O2. The van der Waals surface area contributed by atoms with Crippen molar-refractivity contribution in [3.8, 4) is 5.75 Å². The number of amides is 1. The molecule has 1 aliphatic rings. The third-order valence-corrected chi connectivity index (χ3v) is 4.88. The van der Waals surface area contributed by atoms with Crippen molar-refractivity contribution in [2.45, 2.75) is 13.0 Å². The van der Waals surface area contributed by atoms with Gasteiger partial charge in [0.25, 0.3) is 0 Å². The number of hydrogen-bond donors (Lipinski definition) is 1. The molecule has 1 aliphatic heterocycles. The average Bonchev–Trinajstić information content (AvgIpc) is 2.70. The molecule has 1 amide bonds. The van der Waals surface area contributed by atoms with Crippen molar-refractivity contribution in [3.63, 3.8) is 0 Å². The van der Waals surface area contributed by atoms with Crippen LogP contribution in [0.4, 0.5) is 5.69 Å². The van der Waals surface area contributed by atoms with Gasteiger partial charge in [0, 0.05) is 37.4 Å². The Morgan fingerprint density at radius 2 is 1.92 bits per heavy atom. The smallest absolute Gasteiger partial charge is 0.241 e. The van der Waals surface area contributed by atoms with Gasteiger partial charge < -0.3 is 15.0 Å². The Morgan fingerprint density at radius 1 is 1.19 bits per heavy atom. The molecule has 1 atom stereocenters. The van der Waals surface area contributed by atoms with E-state index in [9.17, 15) is 4.79 Å². The second-order valence-corrected chi connectivity index (χ2v) is 6.41. The van der Waals surface area contributed by atoms with Crippen molar-refractivity contribution in [3.05, 3.63) is 60.2 Å². The topological polar surface area (TPSA) is 44.8 Å². The molecule has 2 aromatic carbocycles. The van der Waals surface area contributed by atoms with Crippen molar-refractivity contribution in [2.75, 3.05) is 44.7 Å². The van der Waals surface area contributed by atoms with E-state index >= 15 is 0 Å². The lowest BCUT2D eigenvalue weighted by atomic mass is 10.0. The van der Waals surface area contributed by atoms with Crippen molar-refractivity contribution in [2.24, 2.45) is 0 Å². The maximum Gasteiger partial charge on any atom is 0.241 e.